The maximum atomic E-state index is 12.1. The van der Waals surface area contributed by atoms with Crippen LogP contribution in [0.2, 0.25) is 0 Å². The van der Waals surface area contributed by atoms with Crippen molar-refractivity contribution < 1.29 is 14.7 Å². The van der Waals surface area contributed by atoms with Crippen LogP contribution in [0.4, 0.5) is 0 Å². The van der Waals surface area contributed by atoms with E-state index >= 15 is 0 Å². The smallest absolute Gasteiger partial charge is 0.307 e. The zero-order chi connectivity index (χ0) is 14.4. The molecule has 1 aromatic rings. The minimum Gasteiger partial charge on any atom is -0.481 e. The fourth-order valence-electron chi connectivity index (χ4n) is 2.66. The van der Waals surface area contributed by atoms with E-state index in [0.717, 1.165) is 18.4 Å². The Bertz CT molecular complexity index is 461. The molecule has 0 heterocycles. The summed E-state index contributed by atoms with van der Waals surface area (Å²) >= 11 is 0. The minimum atomic E-state index is -0.868. The van der Waals surface area contributed by atoms with Crippen LogP contribution in [0.25, 0.3) is 0 Å². The maximum Gasteiger partial charge on any atom is 0.307 e. The second kappa shape index (κ2) is 7.05. The van der Waals surface area contributed by atoms with Crippen LogP contribution in [0.3, 0.4) is 0 Å². The Kier molecular flexibility index (Phi) is 5.12. The van der Waals surface area contributed by atoms with Crippen LogP contribution in [0.1, 0.15) is 31.2 Å². The van der Waals surface area contributed by atoms with Crippen molar-refractivity contribution in [3.63, 3.8) is 0 Å². The van der Waals surface area contributed by atoms with Crippen LogP contribution < -0.4 is 10.9 Å². The molecule has 0 aromatic heterocycles. The standard InChI is InChI=1S/C15H20N2O3/c18-14(12-8-4-5-9-13(12)15(19)20)17-16-10-11-6-2-1-3-7-11/h1-3,6-7,12-13,16H,4-5,8-10H2,(H,17,18)(H,19,20). The van der Waals surface area contributed by atoms with Crippen LogP contribution in [0.5, 0.6) is 0 Å². The molecule has 0 radical (unpaired) electrons. The lowest BCUT2D eigenvalue weighted by Crippen LogP contribution is -2.45. The summed E-state index contributed by atoms with van der Waals surface area (Å²) in [4.78, 5) is 23.2. The third kappa shape index (κ3) is 3.81. The van der Waals surface area contributed by atoms with Gasteiger partial charge < -0.3 is 5.11 Å². The fraction of sp³-hybridized carbons (Fsp3) is 0.467. The van der Waals surface area contributed by atoms with Gasteiger partial charge in [0.05, 0.1) is 11.8 Å². The summed E-state index contributed by atoms with van der Waals surface area (Å²) in [5, 5.41) is 9.16. The Balaban J connectivity index is 1.83. The first-order valence-electron chi connectivity index (χ1n) is 6.98. The monoisotopic (exact) mass is 276 g/mol. The summed E-state index contributed by atoms with van der Waals surface area (Å²) in [7, 11) is 0. The molecule has 2 unspecified atom stereocenters. The molecule has 1 amide bonds. The summed E-state index contributed by atoms with van der Waals surface area (Å²) in [5.41, 5.74) is 6.56. The average molecular weight is 276 g/mol. The Labute approximate surface area is 118 Å². The molecule has 5 heteroatoms. The van der Waals surface area contributed by atoms with E-state index in [0.29, 0.717) is 19.4 Å². The number of benzene rings is 1. The van der Waals surface area contributed by atoms with Gasteiger partial charge in [0.15, 0.2) is 0 Å². The molecular weight excluding hydrogens is 256 g/mol. The molecule has 2 atom stereocenters. The Morgan fingerprint density at radius 3 is 2.40 bits per heavy atom. The molecule has 1 fully saturated rings. The lowest BCUT2D eigenvalue weighted by atomic mass is 9.79. The molecule has 2 rings (SSSR count). The van der Waals surface area contributed by atoms with Crippen molar-refractivity contribution in [3.8, 4) is 0 Å². The fourth-order valence-corrected chi connectivity index (χ4v) is 2.66. The van der Waals surface area contributed by atoms with E-state index in [-0.39, 0.29) is 5.91 Å². The lowest BCUT2D eigenvalue weighted by Gasteiger charge is -2.27. The number of rotatable bonds is 5. The van der Waals surface area contributed by atoms with Crippen molar-refractivity contribution in [1.82, 2.24) is 10.9 Å². The van der Waals surface area contributed by atoms with E-state index in [1.54, 1.807) is 0 Å². The first kappa shape index (κ1) is 14.5. The molecule has 0 saturated heterocycles. The molecule has 0 spiro atoms. The zero-order valence-electron chi connectivity index (χ0n) is 11.3. The molecule has 1 aliphatic carbocycles. The summed E-state index contributed by atoms with van der Waals surface area (Å²) in [6.07, 6.45) is 3.04. The molecule has 1 saturated carbocycles. The number of carboxylic acid groups (broad SMARTS) is 1. The number of hydrogen-bond acceptors (Lipinski definition) is 3. The second-order valence-electron chi connectivity index (χ2n) is 5.16. The lowest BCUT2D eigenvalue weighted by molar-refractivity contribution is -0.149. The van der Waals surface area contributed by atoms with Gasteiger partial charge >= 0.3 is 5.97 Å². The highest BCUT2D eigenvalue weighted by Gasteiger charge is 2.35. The number of hydrazine groups is 1. The van der Waals surface area contributed by atoms with Crippen molar-refractivity contribution in [2.75, 3.05) is 0 Å². The second-order valence-corrected chi connectivity index (χ2v) is 5.16. The van der Waals surface area contributed by atoms with E-state index in [2.05, 4.69) is 10.9 Å². The van der Waals surface area contributed by atoms with Gasteiger partial charge in [0, 0.05) is 6.54 Å². The molecule has 20 heavy (non-hydrogen) atoms. The van der Waals surface area contributed by atoms with Crippen LogP contribution in [-0.4, -0.2) is 17.0 Å². The van der Waals surface area contributed by atoms with Gasteiger partial charge in [0.25, 0.3) is 0 Å². The molecule has 1 aromatic carbocycles. The number of carbonyl (C=O) groups excluding carboxylic acids is 1. The van der Waals surface area contributed by atoms with Gasteiger partial charge in [-0.2, -0.15) is 0 Å². The summed E-state index contributed by atoms with van der Waals surface area (Å²) in [6, 6.07) is 9.71. The number of hydrogen-bond donors (Lipinski definition) is 3. The van der Waals surface area contributed by atoms with Crippen LogP contribution in [0, 0.1) is 11.8 Å². The van der Waals surface area contributed by atoms with Crippen LogP contribution >= 0.6 is 0 Å². The van der Waals surface area contributed by atoms with Crippen molar-refractivity contribution in [1.29, 1.82) is 0 Å². The van der Waals surface area contributed by atoms with Gasteiger partial charge in [-0.25, -0.2) is 5.43 Å². The van der Waals surface area contributed by atoms with Gasteiger partial charge in [-0.05, 0) is 18.4 Å². The predicted octanol–water partition coefficient (Wildman–Crippen LogP) is 1.70. The average Bonchev–Trinajstić information content (AvgIpc) is 2.48. The minimum absolute atomic E-state index is 0.215. The van der Waals surface area contributed by atoms with Crippen molar-refractivity contribution in [2.24, 2.45) is 11.8 Å². The SMILES string of the molecule is O=C(O)C1CCCCC1C(=O)NNCc1ccccc1. The summed E-state index contributed by atoms with van der Waals surface area (Å²) < 4.78 is 0. The highest BCUT2D eigenvalue weighted by atomic mass is 16.4. The first-order valence-corrected chi connectivity index (χ1v) is 6.98. The van der Waals surface area contributed by atoms with Gasteiger partial charge in [-0.3, -0.25) is 15.0 Å². The van der Waals surface area contributed by atoms with Gasteiger partial charge in [-0.1, -0.05) is 43.2 Å². The van der Waals surface area contributed by atoms with E-state index in [1.807, 2.05) is 30.3 Å². The third-order valence-corrected chi connectivity index (χ3v) is 3.77. The predicted molar refractivity (Wildman–Crippen MR) is 74.5 cm³/mol. The summed E-state index contributed by atoms with van der Waals surface area (Å²) in [5.74, 6) is -2.06. The van der Waals surface area contributed by atoms with Crippen LogP contribution in [0.15, 0.2) is 30.3 Å². The molecule has 3 N–H and O–H groups in total. The van der Waals surface area contributed by atoms with E-state index in [1.165, 1.54) is 0 Å². The number of aliphatic carboxylic acids is 1. The summed E-state index contributed by atoms with van der Waals surface area (Å²) in [6.45, 7) is 0.525. The molecular formula is C15H20N2O3. The Hall–Kier alpha value is -1.88. The molecule has 5 nitrogen and oxygen atoms in total. The van der Waals surface area contributed by atoms with Gasteiger partial charge in [0.1, 0.15) is 0 Å². The quantitative estimate of drug-likeness (QED) is 0.715. The third-order valence-electron chi connectivity index (χ3n) is 3.77. The maximum absolute atomic E-state index is 12.1. The van der Waals surface area contributed by atoms with E-state index < -0.39 is 17.8 Å². The van der Waals surface area contributed by atoms with E-state index in [4.69, 9.17) is 5.11 Å². The van der Waals surface area contributed by atoms with E-state index in [9.17, 15) is 9.59 Å². The zero-order valence-corrected chi connectivity index (χ0v) is 11.3. The normalized spacial score (nSPS) is 22.2. The van der Waals surface area contributed by atoms with Gasteiger partial charge in [0.2, 0.25) is 5.91 Å². The van der Waals surface area contributed by atoms with Crippen molar-refractivity contribution in [3.05, 3.63) is 35.9 Å². The van der Waals surface area contributed by atoms with Crippen molar-refractivity contribution >= 4 is 11.9 Å². The van der Waals surface area contributed by atoms with Gasteiger partial charge in [-0.15, -0.1) is 0 Å². The number of amides is 1. The number of carboxylic acids is 1. The molecule has 1 aliphatic rings. The Morgan fingerprint density at radius 1 is 1.10 bits per heavy atom. The molecule has 108 valence electrons. The number of nitrogens with one attached hydrogen (secondary N) is 2. The highest BCUT2D eigenvalue weighted by Crippen LogP contribution is 2.30. The first-order chi connectivity index (χ1) is 9.68. The van der Waals surface area contributed by atoms with Crippen molar-refractivity contribution in [2.45, 2.75) is 32.2 Å². The molecule has 0 aliphatic heterocycles. The molecule has 0 bridgehead atoms. The topological polar surface area (TPSA) is 78.4 Å². The Morgan fingerprint density at radius 2 is 1.75 bits per heavy atom. The highest BCUT2D eigenvalue weighted by molar-refractivity contribution is 5.84. The number of carbonyl (C=O) groups is 2. The van der Waals surface area contributed by atoms with Crippen LogP contribution in [-0.2, 0) is 16.1 Å². The largest absolute Gasteiger partial charge is 0.481 e.